The number of aromatic nitrogens is 2. The number of ether oxygens (including phenoxy) is 2. The monoisotopic (exact) mass is 500 g/mol. The van der Waals surface area contributed by atoms with E-state index in [1.165, 1.54) is 0 Å². The lowest BCUT2D eigenvalue weighted by Gasteiger charge is -2.35. The molecule has 2 fully saturated rings. The minimum atomic E-state index is 0.0222. The Morgan fingerprint density at radius 2 is 1.89 bits per heavy atom. The number of amides is 1. The second kappa shape index (κ2) is 10.3. The number of nitrogens with zero attached hydrogens (tertiary/aromatic N) is 6. The quantitative estimate of drug-likeness (QED) is 0.459. The van der Waals surface area contributed by atoms with E-state index in [2.05, 4.69) is 30.8 Å². The number of anilines is 1. The summed E-state index contributed by atoms with van der Waals surface area (Å²) in [6, 6.07) is 11.9. The summed E-state index contributed by atoms with van der Waals surface area (Å²) in [5.41, 5.74) is 2.22. The second-order valence-electron chi connectivity index (χ2n) is 9.75. The maximum absolute atomic E-state index is 13.0. The molecule has 0 aliphatic carbocycles. The molecule has 0 unspecified atom stereocenters. The van der Waals surface area contributed by atoms with Crippen LogP contribution in [-0.4, -0.2) is 90.9 Å². The van der Waals surface area contributed by atoms with Crippen molar-refractivity contribution in [3.8, 4) is 11.5 Å². The number of carbonyl (C=O) groups is 1. The molecule has 192 valence electrons. The standard InChI is InChI=1S/C28H32N6O3/c1-36-25-16-22-24(29-18-20-6-4-10-34(20)28(22)35)17-26(25)37-15-5-9-32-11-13-33(14-12-32)27-21-7-2-3-8-23(21)30-19-31-27/h2-3,7-8,16-20H,4-6,9-15H2,1H3/t20-/m0/s1. The number of hydrogen-bond acceptors (Lipinski definition) is 8. The summed E-state index contributed by atoms with van der Waals surface area (Å²) in [4.78, 5) is 33.3. The highest BCUT2D eigenvalue weighted by molar-refractivity contribution is 6.03. The number of carbonyl (C=O) groups excluding carboxylic acids is 1. The maximum atomic E-state index is 13.0. The van der Waals surface area contributed by atoms with E-state index in [1.807, 2.05) is 35.4 Å². The fraction of sp³-hybridized carbons (Fsp3) is 0.429. The zero-order valence-electron chi connectivity index (χ0n) is 21.2. The van der Waals surface area contributed by atoms with E-state index in [-0.39, 0.29) is 11.9 Å². The highest BCUT2D eigenvalue weighted by Gasteiger charge is 2.32. The summed E-state index contributed by atoms with van der Waals surface area (Å²) < 4.78 is 11.7. The maximum Gasteiger partial charge on any atom is 0.256 e. The van der Waals surface area contributed by atoms with Crippen molar-refractivity contribution in [1.82, 2.24) is 19.8 Å². The summed E-state index contributed by atoms with van der Waals surface area (Å²) in [6.45, 7) is 6.13. The first-order chi connectivity index (χ1) is 18.2. The molecule has 2 aromatic carbocycles. The zero-order chi connectivity index (χ0) is 25.2. The Kier molecular flexibility index (Phi) is 6.61. The van der Waals surface area contributed by atoms with Gasteiger partial charge < -0.3 is 19.3 Å². The van der Waals surface area contributed by atoms with Crippen molar-refractivity contribution in [2.24, 2.45) is 4.99 Å². The summed E-state index contributed by atoms with van der Waals surface area (Å²) in [6.07, 6.45) is 6.44. The van der Waals surface area contributed by atoms with Gasteiger partial charge in [-0.15, -0.1) is 0 Å². The molecule has 3 aliphatic heterocycles. The van der Waals surface area contributed by atoms with E-state index in [4.69, 9.17) is 9.47 Å². The fourth-order valence-electron chi connectivity index (χ4n) is 5.52. The average molecular weight is 501 g/mol. The third-order valence-corrected chi connectivity index (χ3v) is 7.53. The van der Waals surface area contributed by atoms with Gasteiger partial charge in [-0.2, -0.15) is 0 Å². The highest BCUT2D eigenvalue weighted by Crippen LogP contribution is 2.38. The largest absolute Gasteiger partial charge is 0.493 e. The SMILES string of the molecule is COc1cc2c(cc1OCCCN1CCN(c3ncnc4ccccc34)CC1)N=C[C@@H]1CCCN1C2=O. The fourth-order valence-corrected chi connectivity index (χ4v) is 5.52. The Hall–Kier alpha value is -3.72. The molecule has 0 N–H and O–H groups in total. The minimum absolute atomic E-state index is 0.0222. The van der Waals surface area contributed by atoms with Gasteiger partial charge in [0.25, 0.3) is 5.91 Å². The van der Waals surface area contributed by atoms with E-state index >= 15 is 0 Å². The molecule has 3 aliphatic rings. The van der Waals surface area contributed by atoms with Gasteiger partial charge >= 0.3 is 0 Å². The Balaban J connectivity index is 1.03. The molecule has 6 rings (SSSR count). The van der Waals surface area contributed by atoms with E-state index in [0.717, 1.165) is 75.3 Å². The van der Waals surface area contributed by atoms with Crippen LogP contribution in [-0.2, 0) is 0 Å². The van der Waals surface area contributed by atoms with Crippen LogP contribution in [0.15, 0.2) is 47.7 Å². The van der Waals surface area contributed by atoms with E-state index in [0.29, 0.717) is 29.4 Å². The number of rotatable bonds is 7. The number of aliphatic imine (C=N–C) groups is 1. The van der Waals surface area contributed by atoms with Crippen molar-refractivity contribution in [1.29, 1.82) is 0 Å². The summed E-state index contributed by atoms with van der Waals surface area (Å²) in [5, 5.41) is 1.10. The van der Waals surface area contributed by atoms with Crippen LogP contribution in [0, 0.1) is 0 Å². The number of fused-ring (bicyclic) bond motifs is 3. The highest BCUT2D eigenvalue weighted by atomic mass is 16.5. The Morgan fingerprint density at radius 1 is 1.03 bits per heavy atom. The lowest BCUT2D eigenvalue weighted by atomic mass is 10.1. The van der Waals surface area contributed by atoms with Crippen LogP contribution in [0.1, 0.15) is 29.6 Å². The number of benzene rings is 2. The zero-order valence-corrected chi connectivity index (χ0v) is 21.2. The summed E-state index contributed by atoms with van der Waals surface area (Å²) in [5.74, 6) is 2.25. The topological polar surface area (TPSA) is 83.4 Å². The molecule has 9 nitrogen and oxygen atoms in total. The second-order valence-corrected chi connectivity index (χ2v) is 9.75. The molecule has 4 heterocycles. The Labute approximate surface area is 216 Å². The molecular formula is C28H32N6O3. The van der Waals surface area contributed by atoms with Gasteiger partial charge in [0.15, 0.2) is 11.5 Å². The predicted octanol–water partition coefficient (Wildman–Crippen LogP) is 3.55. The van der Waals surface area contributed by atoms with Crippen LogP contribution < -0.4 is 14.4 Å². The molecule has 0 bridgehead atoms. The van der Waals surface area contributed by atoms with Crippen molar-refractivity contribution < 1.29 is 14.3 Å². The number of methoxy groups -OCH3 is 1. The molecule has 1 amide bonds. The summed E-state index contributed by atoms with van der Waals surface area (Å²) in [7, 11) is 1.61. The molecular weight excluding hydrogens is 468 g/mol. The van der Waals surface area contributed by atoms with Gasteiger partial charge in [-0.25, -0.2) is 9.97 Å². The first-order valence-electron chi connectivity index (χ1n) is 13.1. The molecule has 0 saturated carbocycles. The molecule has 2 saturated heterocycles. The molecule has 0 radical (unpaired) electrons. The number of hydrogen-bond donors (Lipinski definition) is 0. The van der Waals surface area contributed by atoms with Crippen molar-refractivity contribution in [3.05, 3.63) is 48.3 Å². The van der Waals surface area contributed by atoms with Gasteiger partial charge in [0.05, 0.1) is 36.5 Å². The first-order valence-corrected chi connectivity index (χ1v) is 13.1. The van der Waals surface area contributed by atoms with Gasteiger partial charge in [-0.3, -0.25) is 14.7 Å². The summed E-state index contributed by atoms with van der Waals surface area (Å²) >= 11 is 0. The van der Waals surface area contributed by atoms with Crippen LogP contribution in [0.5, 0.6) is 11.5 Å². The van der Waals surface area contributed by atoms with Gasteiger partial charge in [-0.05, 0) is 37.5 Å². The van der Waals surface area contributed by atoms with Crippen LogP contribution >= 0.6 is 0 Å². The first kappa shape index (κ1) is 23.7. The lowest BCUT2D eigenvalue weighted by Crippen LogP contribution is -2.47. The van der Waals surface area contributed by atoms with Crippen molar-refractivity contribution in [2.45, 2.75) is 25.3 Å². The van der Waals surface area contributed by atoms with Gasteiger partial charge in [0.2, 0.25) is 0 Å². The smallest absolute Gasteiger partial charge is 0.256 e. The van der Waals surface area contributed by atoms with Gasteiger partial charge in [0, 0.05) is 56.9 Å². The van der Waals surface area contributed by atoms with Gasteiger partial charge in [-0.1, -0.05) is 12.1 Å². The van der Waals surface area contributed by atoms with Crippen molar-refractivity contribution >= 4 is 34.5 Å². The lowest BCUT2D eigenvalue weighted by molar-refractivity contribution is 0.0774. The molecule has 1 aromatic heterocycles. The molecule has 1 atom stereocenters. The molecule has 0 spiro atoms. The van der Waals surface area contributed by atoms with Crippen molar-refractivity contribution in [2.75, 3.05) is 57.9 Å². The van der Waals surface area contributed by atoms with Crippen LogP contribution in [0.3, 0.4) is 0 Å². The average Bonchev–Trinajstić information content (AvgIpc) is 3.38. The van der Waals surface area contributed by atoms with Crippen LogP contribution in [0.4, 0.5) is 11.5 Å². The normalized spacial score (nSPS) is 19.6. The molecule has 3 aromatic rings. The van der Waals surface area contributed by atoms with Crippen LogP contribution in [0.25, 0.3) is 10.9 Å². The van der Waals surface area contributed by atoms with Gasteiger partial charge in [0.1, 0.15) is 12.1 Å². The molecule has 37 heavy (non-hydrogen) atoms. The minimum Gasteiger partial charge on any atom is -0.493 e. The third-order valence-electron chi connectivity index (χ3n) is 7.53. The van der Waals surface area contributed by atoms with Crippen molar-refractivity contribution in [3.63, 3.8) is 0 Å². The number of piperazine rings is 1. The predicted molar refractivity (Wildman–Crippen MR) is 144 cm³/mol. The Bertz CT molecular complexity index is 1320. The van der Waals surface area contributed by atoms with E-state index < -0.39 is 0 Å². The Morgan fingerprint density at radius 3 is 2.76 bits per heavy atom. The third kappa shape index (κ3) is 4.71. The van der Waals surface area contributed by atoms with Crippen LogP contribution in [0.2, 0.25) is 0 Å². The number of para-hydroxylation sites is 1. The van der Waals surface area contributed by atoms with E-state index in [9.17, 15) is 4.79 Å². The van der Waals surface area contributed by atoms with E-state index in [1.54, 1.807) is 19.5 Å². The molecule has 9 heteroatoms.